The van der Waals surface area contributed by atoms with Gasteiger partial charge in [0.15, 0.2) is 0 Å². The molecule has 0 unspecified atom stereocenters. The number of ether oxygens (including phenoxy) is 1. The maximum absolute atomic E-state index is 12.5. The average molecular weight is 495 g/mol. The highest BCUT2D eigenvalue weighted by atomic mass is 35.5. The van der Waals surface area contributed by atoms with Crippen molar-refractivity contribution in [2.24, 2.45) is 0 Å². The second-order valence-electron chi connectivity index (χ2n) is 7.82. The fraction of sp³-hybridized carbons (Fsp3) is 0.0690. The zero-order valence-electron chi connectivity index (χ0n) is 19.4. The number of carbonyl (C=O) groups excluding carboxylic acids is 1. The summed E-state index contributed by atoms with van der Waals surface area (Å²) in [4.78, 5) is 12.5. The molecule has 0 aliphatic heterocycles. The predicted molar refractivity (Wildman–Crippen MR) is 142 cm³/mol. The Kier molecular flexibility index (Phi) is 7.97. The van der Waals surface area contributed by atoms with Gasteiger partial charge in [-0.05, 0) is 48.0 Å². The molecule has 3 aromatic carbocycles. The van der Waals surface area contributed by atoms with Crippen LogP contribution in [0.1, 0.15) is 11.1 Å². The van der Waals surface area contributed by atoms with E-state index >= 15 is 0 Å². The summed E-state index contributed by atoms with van der Waals surface area (Å²) in [5, 5.41) is 17.7. The van der Waals surface area contributed by atoms with E-state index in [-0.39, 0.29) is 12.1 Å². The fourth-order valence-electron chi connectivity index (χ4n) is 3.47. The molecule has 4 rings (SSSR count). The summed E-state index contributed by atoms with van der Waals surface area (Å²) in [6.07, 6.45) is 4.90. The summed E-state index contributed by atoms with van der Waals surface area (Å²) < 4.78 is 7.71. The standard InChI is InChI=1S/C29H23ClN4O2/c1-2-15-32-29(35)23(18-31)16-24-19-34(26-8-4-3-5-9-26)33-28(24)22-7-6-10-27(17-22)36-20-21-11-13-25(30)14-12-21/h2-14,16-17,19H,1,15,20H2,(H,32,35). The van der Waals surface area contributed by atoms with Crippen molar-refractivity contribution in [2.45, 2.75) is 6.61 Å². The van der Waals surface area contributed by atoms with E-state index < -0.39 is 5.91 Å². The van der Waals surface area contributed by atoms with Gasteiger partial charge in [-0.15, -0.1) is 6.58 Å². The van der Waals surface area contributed by atoms with E-state index in [1.807, 2.05) is 84.9 Å². The monoisotopic (exact) mass is 494 g/mol. The molecule has 0 saturated carbocycles. The first-order valence-electron chi connectivity index (χ1n) is 11.2. The Balaban J connectivity index is 1.69. The Hall–Kier alpha value is -4.60. The minimum atomic E-state index is -0.476. The number of halogens is 1. The third-order valence-corrected chi connectivity index (χ3v) is 5.51. The van der Waals surface area contributed by atoms with Gasteiger partial charge in [0.1, 0.15) is 29.7 Å². The van der Waals surface area contributed by atoms with E-state index in [1.165, 1.54) is 0 Å². The van der Waals surface area contributed by atoms with Crippen LogP contribution < -0.4 is 10.1 Å². The van der Waals surface area contributed by atoms with Gasteiger partial charge in [0, 0.05) is 28.9 Å². The van der Waals surface area contributed by atoms with E-state index in [0.29, 0.717) is 28.6 Å². The summed E-state index contributed by atoms with van der Waals surface area (Å²) in [5.41, 5.74) is 3.84. The Morgan fingerprint density at radius 3 is 2.61 bits per heavy atom. The first-order valence-corrected chi connectivity index (χ1v) is 11.6. The molecule has 0 fully saturated rings. The number of aromatic nitrogens is 2. The van der Waals surface area contributed by atoms with Crippen molar-refractivity contribution in [1.82, 2.24) is 15.1 Å². The number of carbonyl (C=O) groups is 1. The Morgan fingerprint density at radius 2 is 1.89 bits per heavy atom. The van der Waals surface area contributed by atoms with Gasteiger partial charge >= 0.3 is 0 Å². The number of hydrogen-bond donors (Lipinski definition) is 1. The molecule has 0 saturated heterocycles. The number of benzene rings is 3. The van der Waals surface area contributed by atoms with Gasteiger partial charge in [-0.25, -0.2) is 4.68 Å². The molecule has 1 N–H and O–H groups in total. The topological polar surface area (TPSA) is 79.9 Å². The van der Waals surface area contributed by atoms with Gasteiger partial charge in [-0.1, -0.05) is 60.1 Å². The van der Waals surface area contributed by atoms with Gasteiger partial charge in [0.25, 0.3) is 5.91 Å². The lowest BCUT2D eigenvalue weighted by molar-refractivity contribution is -0.116. The molecule has 0 aliphatic carbocycles. The highest BCUT2D eigenvalue weighted by Gasteiger charge is 2.15. The molecule has 4 aromatic rings. The van der Waals surface area contributed by atoms with Crippen molar-refractivity contribution >= 4 is 23.6 Å². The van der Waals surface area contributed by atoms with Crippen molar-refractivity contribution in [3.63, 3.8) is 0 Å². The summed E-state index contributed by atoms with van der Waals surface area (Å²) in [6, 6.07) is 26.6. The number of nitrogens with one attached hydrogen (secondary N) is 1. The average Bonchev–Trinajstić information content (AvgIpc) is 3.34. The minimum Gasteiger partial charge on any atom is -0.489 e. The van der Waals surface area contributed by atoms with Crippen LogP contribution in [0.3, 0.4) is 0 Å². The normalized spacial score (nSPS) is 10.9. The zero-order valence-corrected chi connectivity index (χ0v) is 20.2. The Morgan fingerprint density at radius 1 is 1.11 bits per heavy atom. The molecule has 6 nitrogen and oxygen atoms in total. The van der Waals surface area contributed by atoms with E-state index in [4.69, 9.17) is 21.4 Å². The predicted octanol–water partition coefficient (Wildman–Crippen LogP) is 5.98. The fourth-order valence-corrected chi connectivity index (χ4v) is 3.60. The van der Waals surface area contributed by atoms with Crippen molar-refractivity contribution in [2.75, 3.05) is 6.54 Å². The highest BCUT2D eigenvalue weighted by molar-refractivity contribution is 6.30. The van der Waals surface area contributed by atoms with Gasteiger partial charge in [0.05, 0.1) is 5.69 Å². The van der Waals surface area contributed by atoms with Crippen LogP contribution >= 0.6 is 11.6 Å². The molecule has 0 spiro atoms. The van der Waals surface area contributed by atoms with Crippen LogP contribution in [0.5, 0.6) is 5.75 Å². The van der Waals surface area contributed by atoms with Crippen LogP contribution in [-0.4, -0.2) is 22.2 Å². The van der Waals surface area contributed by atoms with Gasteiger partial charge in [-0.2, -0.15) is 10.4 Å². The maximum atomic E-state index is 12.5. The molecule has 178 valence electrons. The molecule has 0 atom stereocenters. The summed E-state index contributed by atoms with van der Waals surface area (Å²) in [6.45, 7) is 4.24. The van der Waals surface area contributed by atoms with Crippen molar-refractivity contribution < 1.29 is 9.53 Å². The van der Waals surface area contributed by atoms with Crippen molar-refractivity contribution in [3.8, 4) is 28.8 Å². The molecule has 0 bridgehead atoms. The lowest BCUT2D eigenvalue weighted by Crippen LogP contribution is -2.24. The molecule has 36 heavy (non-hydrogen) atoms. The van der Waals surface area contributed by atoms with Gasteiger partial charge in [-0.3, -0.25) is 4.79 Å². The van der Waals surface area contributed by atoms with Crippen LogP contribution in [0.4, 0.5) is 0 Å². The highest BCUT2D eigenvalue weighted by Crippen LogP contribution is 2.29. The van der Waals surface area contributed by atoms with Gasteiger partial charge < -0.3 is 10.1 Å². The lowest BCUT2D eigenvalue weighted by Gasteiger charge is -2.08. The summed E-state index contributed by atoms with van der Waals surface area (Å²) in [5.74, 6) is 0.187. The number of hydrogen-bond acceptors (Lipinski definition) is 4. The maximum Gasteiger partial charge on any atom is 0.262 e. The smallest absolute Gasteiger partial charge is 0.262 e. The van der Waals surface area contributed by atoms with Crippen molar-refractivity contribution in [1.29, 1.82) is 5.26 Å². The Labute approximate surface area is 214 Å². The van der Waals surface area contributed by atoms with E-state index in [0.717, 1.165) is 16.8 Å². The quantitative estimate of drug-likeness (QED) is 0.176. The van der Waals surface area contributed by atoms with E-state index in [2.05, 4.69) is 11.9 Å². The van der Waals surface area contributed by atoms with E-state index in [1.54, 1.807) is 23.0 Å². The van der Waals surface area contributed by atoms with Crippen LogP contribution in [0.25, 0.3) is 23.0 Å². The minimum absolute atomic E-state index is 0.0270. The molecule has 7 heteroatoms. The summed E-state index contributed by atoms with van der Waals surface area (Å²) in [7, 11) is 0. The third kappa shape index (κ3) is 6.09. The van der Waals surface area contributed by atoms with Crippen LogP contribution in [0, 0.1) is 11.3 Å². The number of amides is 1. The Bertz CT molecular complexity index is 1430. The first kappa shape index (κ1) is 24.5. The number of nitrogens with zero attached hydrogens (tertiary/aromatic N) is 3. The second-order valence-corrected chi connectivity index (χ2v) is 8.26. The van der Waals surface area contributed by atoms with Gasteiger partial charge in [0.2, 0.25) is 0 Å². The van der Waals surface area contributed by atoms with Crippen LogP contribution in [0.15, 0.2) is 103 Å². The molecular formula is C29H23ClN4O2. The molecule has 0 aliphatic rings. The molecular weight excluding hydrogens is 472 g/mol. The second kappa shape index (κ2) is 11.7. The number of rotatable bonds is 9. The lowest BCUT2D eigenvalue weighted by atomic mass is 10.1. The van der Waals surface area contributed by atoms with Crippen LogP contribution in [0.2, 0.25) is 5.02 Å². The molecule has 0 radical (unpaired) electrons. The number of nitriles is 1. The zero-order chi connectivity index (χ0) is 25.3. The molecule has 1 aromatic heterocycles. The van der Waals surface area contributed by atoms with Crippen LogP contribution in [-0.2, 0) is 11.4 Å². The third-order valence-electron chi connectivity index (χ3n) is 5.26. The number of para-hydroxylation sites is 1. The first-order chi connectivity index (χ1) is 17.6. The summed E-state index contributed by atoms with van der Waals surface area (Å²) >= 11 is 5.97. The molecule has 1 heterocycles. The SMILES string of the molecule is C=CCNC(=O)C(C#N)=Cc1cn(-c2ccccc2)nc1-c1cccc(OCc2ccc(Cl)cc2)c1. The van der Waals surface area contributed by atoms with Crippen molar-refractivity contribution in [3.05, 3.63) is 119 Å². The largest absolute Gasteiger partial charge is 0.489 e. The molecule has 1 amide bonds. The van der Waals surface area contributed by atoms with E-state index in [9.17, 15) is 10.1 Å².